The standard InChI is InChI=1S/C10H19NOS/c1-2-9(8-13)7-11-6-4-3-5-10(11)12/h9,13H,2-8H2,1H3. The molecule has 1 unspecified atom stereocenters. The number of carbonyl (C=O) groups is 1. The Balaban J connectivity index is 2.36. The molecule has 0 aromatic carbocycles. The van der Waals surface area contributed by atoms with Crippen molar-refractivity contribution >= 4 is 18.5 Å². The summed E-state index contributed by atoms with van der Waals surface area (Å²) in [5.41, 5.74) is 0. The van der Waals surface area contributed by atoms with E-state index in [0.29, 0.717) is 11.8 Å². The van der Waals surface area contributed by atoms with E-state index in [1.807, 2.05) is 4.90 Å². The molecular formula is C10H19NOS. The summed E-state index contributed by atoms with van der Waals surface area (Å²) in [6, 6.07) is 0. The summed E-state index contributed by atoms with van der Waals surface area (Å²) in [5, 5.41) is 0. The van der Waals surface area contributed by atoms with Crippen molar-refractivity contribution < 1.29 is 4.79 Å². The summed E-state index contributed by atoms with van der Waals surface area (Å²) >= 11 is 4.29. The number of nitrogens with zero attached hydrogens (tertiary/aromatic N) is 1. The third-order valence-corrected chi connectivity index (χ3v) is 3.25. The van der Waals surface area contributed by atoms with E-state index in [-0.39, 0.29) is 0 Å². The van der Waals surface area contributed by atoms with Crippen LogP contribution in [0.2, 0.25) is 0 Å². The Bertz CT molecular complexity index is 168. The van der Waals surface area contributed by atoms with Gasteiger partial charge in [-0.1, -0.05) is 13.3 Å². The zero-order valence-corrected chi connectivity index (χ0v) is 9.22. The van der Waals surface area contributed by atoms with Crippen molar-refractivity contribution in [2.75, 3.05) is 18.8 Å². The second kappa shape index (κ2) is 5.53. The molecule has 1 saturated heterocycles. The van der Waals surface area contributed by atoms with E-state index in [4.69, 9.17) is 0 Å². The minimum absolute atomic E-state index is 0.339. The molecule has 13 heavy (non-hydrogen) atoms. The summed E-state index contributed by atoms with van der Waals surface area (Å²) < 4.78 is 0. The molecule has 1 fully saturated rings. The van der Waals surface area contributed by atoms with E-state index in [0.717, 1.165) is 38.1 Å². The summed E-state index contributed by atoms with van der Waals surface area (Å²) in [5.74, 6) is 1.80. The third-order valence-electron chi connectivity index (χ3n) is 2.74. The van der Waals surface area contributed by atoms with Gasteiger partial charge in [0.1, 0.15) is 0 Å². The predicted octanol–water partition coefficient (Wildman–Crippen LogP) is 1.95. The third kappa shape index (κ3) is 3.22. The van der Waals surface area contributed by atoms with Gasteiger partial charge in [0.2, 0.25) is 5.91 Å². The van der Waals surface area contributed by atoms with Crippen LogP contribution in [0.25, 0.3) is 0 Å². The Hall–Kier alpha value is -0.180. The van der Waals surface area contributed by atoms with Crippen molar-refractivity contribution in [2.24, 2.45) is 5.92 Å². The van der Waals surface area contributed by atoms with Crippen LogP contribution in [0.15, 0.2) is 0 Å². The van der Waals surface area contributed by atoms with Gasteiger partial charge < -0.3 is 4.90 Å². The van der Waals surface area contributed by atoms with Crippen LogP contribution in [0.1, 0.15) is 32.6 Å². The molecule has 1 aliphatic heterocycles. The molecular weight excluding hydrogens is 182 g/mol. The first-order valence-electron chi connectivity index (χ1n) is 5.16. The highest BCUT2D eigenvalue weighted by Gasteiger charge is 2.19. The van der Waals surface area contributed by atoms with Gasteiger partial charge in [0.25, 0.3) is 0 Å². The topological polar surface area (TPSA) is 20.3 Å². The second-order valence-corrected chi connectivity index (χ2v) is 4.12. The zero-order valence-electron chi connectivity index (χ0n) is 8.33. The number of likely N-dealkylation sites (tertiary alicyclic amines) is 1. The molecule has 1 heterocycles. The van der Waals surface area contributed by atoms with Gasteiger partial charge in [-0.05, 0) is 24.5 Å². The van der Waals surface area contributed by atoms with Gasteiger partial charge in [0.05, 0.1) is 0 Å². The maximum atomic E-state index is 11.5. The summed E-state index contributed by atoms with van der Waals surface area (Å²) in [6.07, 6.45) is 4.12. The molecule has 1 aliphatic rings. The molecule has 1 rings (SSSR count). The molecule has 0 N–H and O–H groups in total. The fourth-order valence-electron chi connectivity index (χ4n) is 1.68. The van der Waals surface area contributed by atoms with E-state index in [9.17, 15) is 4.79 Å². The molecule has 1 atom stereocenters. The van der Waals surface area contributed by atoms with Gasteiger partial charge in [0.15, 0.2) is 0 Å². The molecule has 0 bridgehead atoms. The van der Waals surface area contributed by atoms with E-state index in [1.165, 1.54) is 6.42 Å². The van der Waals surface area contributed by atoms with Crippen LogP contribution in [0.3, 0.4) is 0 Å². The zero-order chi connectivity index (χ0) is 9.68. The van der Waals surface area contributed by atoms with Crippen LogP contribution in [-0.2, 0) is 4.79 Å². The van der Waals surface area contributed by atoms with Crippen LogP contribution in [0.5, 0.6) is 0 Å². The smallest absolute Gasteiger partial charge is 0.222 e. The normalized spacial score (nSPS) is 20.5. The molecule has 3 heteroatoms. The lowest BCUT2D eigenvalue weighted by atomic mass is 10.1. The number of piperidine rings is 1. The number of hydrogen-bond acceptors (Lipinski definition) is 2. The lowest BCUT2D eigenvalue weighted by Gasteiger charge is -2.29. The molecule has 2 nitrogen and oxygen atoms in total. The molecule has 0 saturated carbocycles. The highest BCUT2D eigenvalue weighted by atomic mass is 32.1. The number of amides is 1. The van der Waals surface area contributed by atoms with Crippen molar-refractivity contribution in [1.82, 2.24) is 4.90 Å². The van der Waals surface area contributed by atoms with Crippen LogP contribution in [0.4, 0.5) is 0 Å². The van der Waals surface area contributed by atoms with Crippen LogP contribution in [0, 0.1) is 5.92 Å². The molecule has 0 radical (unpaired) electrons. The first-order chi connectivity index (χ1) is 6.27. The van der Waals surface area contributed by atoms with Crippen molar-refractivity contribution in [3.8, 4) is 0 Å². The maximum Gasteiger partial charge on any atom is 0.222 e. The maximum absolute atomic E-state index is 11.5. The van der Waals surface area contributed by atoms with Gasteiger partial charge in [0, 0.05) is 19.5 Å². The van der Waals surface area contributed by atoms with Crippen molar-refractivity contribution in [3.05, 3.63) is 0 Å². The fraction of sp³-hybridized carbons (Fsp3) is 0.900. The van der Waals surface area contributed by atoms with Crippen molar-refractivity contribution in [3.63, 3.8) is 0 Å². The fourth-order valence-corrected chi connectivity index (χ4v) is 2.06. The Kier molecular flexibility index (Phi) is 4.64. The molecule has 1 amide bonds. The summed E-state index contributed by atoms with van der Waals surface area (Å²) in [6.45, 7) is 4.04. The van der Waals surface area contributed by atoms with Crippen molar-refractivity contribution in [1.29, 1.82) is 0 Å². The van der Waals surface area contributed by atoms with Crippen LogP contribution >= 0.6 is 12.6 Å². The summed E-state index contributed by atoms with van der Waals surface area (Å²) in [7, 11) is 0. The number of thiol groups is 1. The average molecular weight is 201 g/mol. The van der Waals surface area contributed by atoms with Crippen molar-refractivity contribution in [2.45, 2.75) is 32.6 Å². The molecule has 76 valence electrons. The Morgan fingerprint density at radius 2 is 2.31 bits per heavy atom. The average Bonchev–Trinajstić information content (AvgIpc) is 2.17. The predicted molar refractivity (Wildman–Crippen MR) is 58.1 cm³/mol. The monoisotopic (exact) mass is 201 g/mol. The van der Waals surface area contributed by atoms with Gasteiger partial charge in [-0.2, -0.15) is 12.6 Å². The van der Waals surface area contributed by atoms with E-state index >= 15 is 0 Å². The van der Waals surface area contributed by atoms with Gasteiger partial charge in [-0.15, -0.1) is 0 Å². The SMILES string of the molecule is CCC(CS)CN1CCCCC1=O. The highest BCUT2D eigenvalue weighted by Crippen LogP contribution is 2.14. The van der Waals surface area contributed by atoms with Crippen LogP contribution in [-0.4, -0.2) is 29.6 Å². The molecule has 0 aromatic heterocycles. The Labute approximate surface area is 86.1 Å². The van der Waals surface area contributed by atoms with Gasteiger partial charge >= 0.3 is 0 Å². The lowest BCUT2D eigenvalue weighted by molar-refractivity contribution is -0.133. The Morgan fingerprint density at radius 3 is 2.85 bits per heavy atom. The van der Waals surface area contributed by atoms with Gasteiger partial charge in [-0.25, -0.2) is 0 Å². The first kappa shape index (κ1) is 10.9. The minimum Gasteiger partial charge on any atom is -0.342 e. The minimum atomic E-state index is 0.339. The lowest BCUT2D eigenvalue weighted by Crippen LogP contribution is -2.39. The Morgan fingerprint density at radius 1 is 1.54 bits per heavy atom. The van der Waals surface area contributed by atoms with E-state index in [2.05, 4.69) is 19.6 Å². The van der Waals surface area contributed by atoms with Gasteiger partial charge in [-0.3, -0.25) is 4.79 Å². The summed E-state index contributed by atoms with van der Waals surface area (Å²) in [4.78, 5) is 13.5. The highest BCUT2D eigenvalue weighted by molar-refractivity contribution is 7.80. The number of hydrogen-bond donors (Lipinski definition) is 1. The van der Waals surface area contributed by atoms with E-state index < -0.39 is 0 Å². The van der Waals surface area contributed by atoms with E-state index in [1.54, 1.807) is 0 Å². The molecule has 0 aromatic rings. The largest absolute Gasteiger partial charge is 0.342 e. The second-order valence-electron chi connectivity index (χ2n) is 3.75. The first-order valence-corrected chi connectivity index (χ1v) is 5.79. The molecule has 0 aliphatic carbocycles. The van der Waals surface area contributed by atoms with Crippen LogP contribution < -0.4 is 0 Å². The quantitative estimate of drug-likeness (QED) is 0.689. The number of carbonyl (C=O) groups excluding carboxylic acids is 1. The molecule has 0 spiro atoms. The number of rotatable bonds is 4.